The number of carbonyl (C=O) groups excluding carboxylic acids is 3. The van der Waals surface area contributed by atoms with E-state index in [0.29, 0.717) is 24.1 Å². The molecule has 0 radical (unpaired) electrons. The van der Waals surface area contributed by atoms with E-state index >= 15 is 0 Å². The van der Waals surface area contributed by atoms with Crippen molar-refractivity contribution in [3.63, 3.8) is 0 Å². The lowest BCUT2D eigenvalue weighted by Crippen LogP contribution is -2.55. The SMILES string of the molecule is O=C(Nc1ccc(C[C@H](NC(=O)C2CCCCN2C(=O)c2ccc([N+](=O)[O-])o2)C(=O)O)cc1)c1c(Cl)cccc1Cl. The summed E-state index contributed by atoms with van der Waals surface area (Å²) in [5.74, 6) is -4.03. The molecule has 0 aliphatic carbocycles. The number of hydrogen-bond acceptors (Lipinski definition) is 7. The molecule has 1 fully saturated rings. The molecule has 4 rings (SSSR count). The number of anilines is 1. The van der Waals surface area contributed by atoms with Gasteiger partial charge in [0.25, 0.3) is 11.8 Å². The minimum atomic E-state index is -1.31. The zero-order valence-electron chi connectivity index (χ0n) is 21.3. The highest BCUT2D eigenvalue weighted by Gasteiger charge is 2.36. The molecule has 0 saturated carbocycles. The van der Waals surface area contributed by atoms with Crippen LogP contribution in [-0.4, -0.2) is 57.2 Å². The first-order chi connectivity index (χ1) is 19.5. The van der Waals surface area contributed by atoms with Crippen molar-refractivity contribution in [1.82, 2.24) is 10.2 Å². The molecular formula is C27H24Cl2N4O8. The number of likely N-dealkylation sites (tertiary alicyclic amines) is 1. The summed E-state index contributed by atoms with van der Waals surface area (Å²) < 4.78 is 5.00. The summed E-state index contributed by atoms with van der Waals surface area (Å²) in [7, 11) is 0. The van der Waals surface area contributed by atoms with Gasteiger partial charge in [-0.1, -0.05) is 41.4 Å². The molecule has 2 atom stereocenters. The van der Waals surface area contributed by atoms with Gasteiger partial charge in [0, 0.05) is 18.7 Å². The average Bonchev–Trinajstić information content (AvgIpc) is 3.44. The van der Waals surface area contributed by atoms with E-state index in [1.165, 1.54) is 23.1 Å². The van der Waals surface area contributed by atoms with Crippen molar-refractivity contribution in [2.45, 2.75) is 37.8 Å². The summed E-state index contributed by atoms with van der Waals surface area (Å²) >= 11 is 12.2. The minimum absolute atomic E-state index is 0.0727. The van der Waals surface area contributed by atoms with Crippen molar-refractivity contribution in [2.24, 2.45) is 0 Å². The number of amides is 3. The van der Waals surface area contributed by atoms with Gasteiger partial charge < -0.3 is 25.1 Å². The molecule has 3 amide bonds. The number of hydrogen-bond donors (Lipinski definition) is 3. The monoisotopic (exact) mass is 602 g/mol. The molecule has 2 heterocycles. The minimum Gasteiger partial charge on any atom is -0.480 e. The van der Waals surface area contributed by atoms with E-state index in [1.807, 2.05) is 0 Å². The number of carbonyl (C=O) groups is 4. The van der Waals surface area contributed by atoms with Gasteiger partial charge in [0.1, 0.15) is 17.0 Å². The number of nitrogens with zero attached hydrogens (tertiary/aromatic N) is 2. The van der Waals surface area contributed by atoms with Crippen LogP contribution in [0.1, 0.15) is 45.7 Å². The molecule has 3 N–H and O–H groups in total. The molecule has 2 aromatic carbocycles. The van der Waals surface area contributed by atoms with Crippen molar-refractivity contribution in [3.8, 4) is 0 Å². The summed E-state index contributed by atoms with van der Waals surface area (Å²) in [6.07, 6.45) is 1.45. The third kappa shape index (κ3) is 7.02. The maximum absolute atomic E-state index is 13.2. The number of nitrogens with one attached hydrogen (secondary N) is 2. The van der Waals surface area contributed by atoms with Crippen LogP contribution < -0.4 is 10.6 Å². The van der Waals surface area contributed by atoms with Gasteiger partial charge in [0.05, 0.1) is 21.7 Å². The summed E-state index contributed by atoms with van der Waals surface area (Å²) in [6.45, 7) is 0.204. The first kappa shape index (κ1) is 29.6. The van der Waals surface area contributed by atoms with Gasteiger partial charge in [0.2, 0.25) is 5.91 Å². The Morgan fingerprint density at radius 2 is 1.73 bits per heavy atom. The highest BCUT2D eigenvalue weighted by atomic mass is 35.5. The van der Waals surface area contributed by atoms with E-state index in [-0.39, 0.29) is 40.8 Å². The smallest absolute Gasteiger partial charge is 0.433 e. The number of rotatable bonds is 9. The third-order valence-corrected chi connectivity index (χ3v) is 7.13. The molecule has 14 heteroatoms. The Balaban J connectivity index is 1.41. The quantitative estimate of drug-likeness (QED) is 0.236. The number of piperidine rings is 1. The Hall–Kier alpha value is -4.42. The zero-order chi connectivity index (χ0) is 29.7. The largest absolute Gasteiger partial charge is 0.480 e. The molecule has 0 bridgehead atoms. The molecule has 214 valence electrons. The lowest BCUT2D eigenvalue weighted by atomic mass is 9.99. The van der Waals surface area contributed by atoms with Crippen molar-refractivity contribution in [2.75, 3.05) is 11.9 Å². The highest BCUT2D eigenvalue weighted by Crippen LogP contribution is 2.26. The van der Waals surface area contributed by atoms with Crippen LogP contribution in [-0.2, 0) is 16.0 Å². The van der Waals surface area contributed by atoms with Gasteiger partial charge in [-0.15, -0.1) is 0 Å². The molecule has 41 heavy (non-hydrogen) atoms. The van der Waals surface area contributed by atoms with Crippen LogP contribution in [0.2, 0.25) is 10.0 Å². The number of carboxylic acids is 1. The van der Waals surface area contributed by atoms with Crippen molar-refractivity contribution < 1.29 is 33.6 Å². The van der Waals surface area contributed by atoms with Gasteiger partial charge in [0.15, 0.2) is 5.76 Å². The Labute approximate surface area is 243 Å². The zero-order valence-corrected chi connectivity index (χ0v) is 22.9. The van der Waals surface area contributed by atoms with E-state index in [1.54, 1.807) is 30.3 Å². The van der Waals surface area contributed by atoms with Gasteiger partial charge in [-0.05, 0) is 55.2 Å². The Kier molecular flexibility index (Phi) is 9.25. The number of nitro groups is 1. The Bertz CT molecular complexity index is 1470. The second-order valence-corrected chi connectivity index (χ2v) is 10.1. The number of aliphatic carboxylic acids is 1. The molecule has 1 aromatic heterocycles. The number of halogens is 2. The van der Waals surface area contributed by atoms with Crippen molar-refractivity contribution >= 4 is 58.5 Å². The third-order valence-electron chi connectivity index (χ3n) is 6.50. The second kappa shape index (κ2) is 12.8. The van der Waals surface area contributed by atoms with Crippen LogP contribution in [0.15, 0.2) is 59.0 Å². The number of benzene rings is 2. The highest BCUT2D eigenvalue weighted by molar-refractivity contribution is 6.40. The molecule has 0 spiro atoms. The maximum atomic E-state index is 13.2. The first-order valence-corrected chi connectivity index (χ1v) is 13.2. The normalized spacial score (nSPS) is 15.6. The molecule has 1 aliphatic rings. The van der Waals surface area contributed by atoms with Crippen LogP contribution >= 0.6 is 23.2 Å². The van der Waals surface area contributed by atoms with E-state index in [4.69, 9.17) is 27.6 Å². The van der Waals surface area contributed by atoms with Crippen LogP contribution in [0.4, 0.5) is 11.6 Å². The Morgan fingerprint density at radius 1 is 1.05 bits per heavy atom. The summed E-state index contributed by atoms with van der Waals surface area (Å²) in [5.41, 5.74) is 1.10. The fraction of sp³-hybridized carbons (Fsp3) is 0.259. The molecule has 1 saturated heterocycles. The van der Waals surface area contributed by atoms with E-state index in [9.17, 15) is 34.4 Å². The molecule has 1 unspecified atom stereocenters. The lowest BCUT2D eigenvalue weighted by Gasteiger charge is -2.34. The number of carboxylic acid groups (broad SMARTS) is 1. The standard InChI is InChI=1S/C27H24Cl2N4O8/c28-17-4-3-5-18(29)23(17)25(35)30-16-9-7-15(8-10-16)14-19(27(37)38)31-24(34)20-6-1-2-13-32(20)26(36)21-11-12-22(41-21)33(39)40/h3-5,7-12,19-20H,1-2,6,13-14H2,(H,30,35)(H,31,34)(H,37,38)/t19-,20?/m0/s1. The summed E-state index contributed by atoms with van der Waals surface area (Å²) in [5, 5.41) is 26.3. The van der Waals surface area contributed by atoms with Crippen LogP contribution in [0.3, 0.4) is 0 Å². The molecule has 1 aliphatic heterocycles. The molecule has 12 nitrogen and oxygen atoms in total. The fourth-order valence-corrected chi connectivity index (χ4v) is 5.03. The van der Waals surface area contributed by atoms with Crippen molar-refractivity contribution in [3.05, 3.63) is 91.6 Å². The predicted octanol–water partition coefficient (Wildman–Crippen LogP) is 4.55. The second-order valence-electron chi connectivity index (χ2n) is 9.26. The van der Waals surface area contributed by atoms with E-state index in [2.05, 4.69) is 10.6 Å². The van der Waals surface area contributed by atoms with Crippen LogP contribution in [0.25, 0.3) is 0 Å². The summed E-state index contributed by atoms with van der Waals surface area (Å²) in [4.78, 5) is 62.1. The Morgan fingerprint density at radius 3 is 2.34 bits per heavy atom. The first-order valence-electron chi connectivity index (χ1n) is 12.5. The van der Waals surface area contributed by atoms with E-state index in [0.717, 1.165) is 6.07 Å². The topological polar surface area (TPSA) is 172 Å². The average molecular weight is 603 g/mol. The molecular weight excluding hydrogens is 579 g/mol. The van der Waals surface area contributed by atoms with Gasteiger partial charge in [-0.3, -0.25) is 24.5 Å². The van der Waals surface area contributed by atoms with Gasteiger partial charge in [-0.2, -0.15) is 0 Å². The maximum Gasteiger partial charge on any atom is 0.433 e. The van der Waals surface area contributed by atoms with Crippen LogP contribution in [0.5, 0.6) is 0 Å². The van der Waals surface area contributed by atoms with Crippen LogP contribution in [0, 0.1) is 10.1 Å². The van der Waals surface area contributed by atoms with E-state index < -0.39 is 46.6 Å². The van der Waals surface area contributed by atoms with Crippen molar-refractivity contribution in [1.29, 1.82) is 0 Å². The van der Waals surface area contributed by atoms with Gasteiger partial charge >= 0.3 is 11.9 Å². The lowest BCUT2D eigenvalue weighted by molar-refractivity contribution is -0.402. The number of furan rings is 1. The molecule has 3 aromatic rings. The summed E-state index contributed by atoms with van der Waals surface area (Å²) in [6, 6.07) is 11.0. The predicted molar refractivity (Wildman–Crippen MR) is 148 cm³/mol. The van der Waals surface area contributed by atoms with Gasteiger partial charge in [-0.25, -0.2) is 4.79 Å². The fourth-order valence-electron chi connectivity index (χ4n) is 4.47.